The zero-order valence-electron chi connectivity index (χ0n) is 18.4. The number of carbonyl (C=O) groups excluding carboxylic acids is 1. The van der Waals surface area contributed by atoms with Gasteiger partial charge < -0.3 is 0 Å². The molecule has 3 aromatic carbocycles. The van der Waals surface area contributed by atoms with E-state index in [1.807, 2.05) is 49.4 Å². The number of rotatable bonds is 6. The van der Waals surface area contributed by atoms with Crippen molar-refractivity contribution in [2.75, 3.05) is 4.90 Å². The van der Waals surface area contributed by atoms with Gasteiger partial charge in [0, 0.05) is 10.6 Å². The summed E-state index contributed by atoms with van der Waals surface area (Å²) in [6.45, 7) is 5.51. The molecule has 1 amide bonds. The van der Waals surface area contributed by atoms with E-state index in [0.717, 1.165) is 21.3 Å². The lowest BCUT2D eigenvalue weighted by atomic mass is 10.1. The Morgan fingerprint density at radius 1 is 1.03 bits per heavy atom. The number of anilines is 1. The van der Waals surface area contributed by atoms with Gasteiger partial charge in [0.1, 0.15) is 0 Å². The van der Waals surface area contributed by atoms with E-state index in [4.69, 9.17) is 16.6 Å². The molecule has 33 heavy (non-hydrogen) atoms. The van der Waals surface area contributed by atoms with Crippen molar-refractivity contribution in [3.63, 3.8) is 0 Å². The second-order valence-corrected chi connectivity index (χ2v) is 11.9. The van der Waals surface area contributed by atoms with E-state index in [1.165, 1.54) is 23.5 Å². The van der Waals surface area contributed by atoms with E-state index >= 15 is 0 Å². The van der Waals surface area contributed by atoms with Gasteiger partial charge in [0.05, 0.1) is 26.9 Å². The molecule has 0 aliphatic rings. The summed E-state index contributed by atoms with van der Waals surface area (Å²) in [6, 6.07) is 19.5. The zero-order chi connectivity index (χ0) is 23.8. The molecule has 0 saturated carbocycles. The van der Waals surface area contributed by atoms with Crippen LogP contribution in [0.5, 0.6) is 0 Å². The van der Waals surface area contributed by atoms with Crippen LogP contribution in [-0.2, 0) is 16.4 Å². The van der Waals surface area contributed by atoms with Gasteiger partial charge in [-0.2, -0.15) is 0 Å². The lowest BCUT2D eigenvalue weighted by Crippen LogP contribution is -2.30. The minimum absolute atomic E-state index is 0.203. The predicted molar refractivity (Wildman–Crippen MR) is 135 cm³/mol. The fraction of sp³-hybridized carbons (Fsp3) is 0.200. The molecule has 1 aromatic heterocycles. The summed E-state index contributed by atoms with van der Waals surface area (Å²) in [5.41, 5.74) is 2.99. The number of carbonyl (C=O) groups is 1. The van der Waals surface area contributed by atoms with E-state index < -0.39 is 15.1 Å². The van der Waals surface area contributed by atoms with Crippen molar-refractivity contribution < 1.29 is 13.2 Å². The lowest BCUT2D eigenvalue weighted by molar-refractivity contribution is 0.0985. The fourth-order valence-electron chi connectivity index (χ4n) is 3.41. The van der Waals surface area contributed by atoms with Gasteiger partial charge in [-0.1, -0.05) is 53.3 Å². The molecule has 8 heteroatoms. The standard InChI is InChI=1S/C25H23ClN2O3S2/c1-16(2)33(30,31)20-11-9-19(10-12-20)24(29)28(15-18-7-5-4-6-8-18)25-27-23-17(3)21(26)13-14-22(23)32-25/h4-14,16H,15H2,1-3H3. The Hall–Kier alpha value is -2.74. The van der Waals surface area contributed by atoms with Crippen LogP contribution in [0, 0.1) is 6.92 Å². The maximum Gasteiger partial charge on any atom is 0.260 e. The number of fused-ring (bicyclic) bond motifs is 1. The quantitative estimate of drug-likeness (QED) is 0.313. The highest BCUT2D eigenvalue weighted by Crippen LogP contribution is 2.35. The highest BCUT2D eigenvalue weighted by Gasteiger charge is 2.24. The van der Waals surface area contributed by atoms with Crippen molar-refractivity contribution in [3.8, 4) is 0 Å². The van der Waals surface area contributed by atoms with Crippen LogP contribution in [0.15, 0.2) is 71.6 Å². The molecule has 5 nitrogen and oxygen atoms in total. The van der Waals surface area contributed by atoms with Gasteiger partial charge in [0.2, 0.25) is 0 Å². The molecule has 0 aliphatic carbocycles. The SMILES string of the molecule is Cc1c(Cl)ccc2sc(N(Cc3ccccc3)C(=O)c3ccc(S(=O)(=O)C(C)C)cc3)nc12. The highest BCUT2D eigenvalue weighted by molar-refractivity contribution is 7.92. The molecule has 4 aromatic rings. The number of halogens is 1. The van der Waals surface area contributed by atoms with Gasteiger partial charge in [-0.25, -0.2) is 13.4 Å². The Kier molecular flexibility index (Phi) is 6.56. The molecule has 0 atom stereocenters. The average molecular weight is 499 g/mol. The molecule has 0 N–H and O–H groups in total. The summed E-state index contributed by atoms with van der Waals surface area (Å²) >= 11 is 7.69. The van der Waals surface area contributed by atoms with E-state index in [0.29, 0.717) is 22.3 Å². The maximum atomic E-state index is 13.6. The fourth-order valence-corrected chi connectivity index (χ4v) is 5.65. The molecule has 4 rings (SSSR count). The van der Waals surface area contributed by atoms with E-state index in [9.17, 15) is 13.2 Å². The summed E-state index contributed by atoms with van der Waals surface area (Å²) in [5.74, 6) is -0.254. The van der Waals surface area contributed by atoms with Crippen molar-refractivity contribution in [2.45, 2.75) is 37.5 Å². The number of sulfone groups is 1. The Bertz CT molecular complexity index is 1410. The van der Waals surface area contributed by atoms with Crippen molar-refractivity contribution in [1.82, 2.24) is 4.98 Å². The second kappa shape index (κ2) is 9.25. The van der Waals surface area contributed by atoms with Crippen LogP contribution in [0.3, 0.4) is 0 Å². The molecule has 170 valence electrons. The smallest absolute Gasteiger partial charge is 0.260 e. The molecular weight excluding hydrogens is 476 g/mol. The number of thiazole rings is 1. The summed E-state index contributed by atoms with van der Waals surface area (Å²) in [5, 5.41) is 0.650. The van der Waals surface area contributed by atoms with Gasteiger partial charge >= 0.3 is 0 Å². The van der Waals surface area contributed by atoms with Crippen molar-refractivity contribution >= 4 is 54.0 Å². The first kappa shape index (κ1) is 23.4. The third-order valence-corrected chi connectivity index (χ3v) is 9.07. The van der Waals surface area contributed by atoms with Gasteiger partial charge in [-0.15, -0.1) is 0 Å². The topological polar surface area (TPSA) is 67.3 Å². The van der Waals surface area contributed by atoms with Crippen LogP contribution in [0.4, 0.5) is 5.13 Å². The Morgan fingerprint density at radius 2 is 1.70 bits per heavy atom. The van der Waals surface area contributed by atoms with Gasteiger partial charge in [0.15, 0.2) is 15.0 Å². The third-order valence-electron chi connectivity index (χ3n) is 5.45. The second-order valence-electron chi connectivity index (χ2n) is 8.01. The molecule has 0 spiro atoms. The van der Waals surface area contributed by atoms with Crippen molar-refractivity contribution in [3.05, 3.63) is 88.4 Å². The van der Waals surface area contributed by atoms with E-state index in [-0.39, 0.29) is 10.8 Å². The van der Waals surface area contributed by atoms with Gasteiger partial charge in [-0.05, 0) is 68.3 Å². The normalized spacial score (nSPS) is 11.8. The molecule has 1 heterocycles. The van der Waals surface area contributed by atoms with Crippen LogP contribution in [0.25, 0.3) is 10.2 Å². The van der Waals surface area contributed by atoms with Crippen LogP contribution >= 0.6 is 22.9 Å². The van der Waals surface area contributed by atoms with Crippen LogP contribution < -0.4 is 4.90 Å². The molecule has 0 saturated heterocycles. The Morgan fingerprint density at radius 3 is 2.33 bits per heavy atom. The summed E-state index contributed by atoms with van der Waals surface area (Å²) in [4.78, 5) is 20.2. The molecular formula is C25H23ClN2O3S2. The molecule has 0 aliphatic heterocycles. The minimum atomic E-state index is -3.41. The number of amides is 1. The Balaban J connectivity index is 1.75. The first-order chi connectivity index (χ1) is 15.7. The van der Waals surface area contributed by atoms with Crippen LogP contribution in [0.2, 0.25) is 5.02 Å². The van der Waals surface area contributed by atoms with Crippen molar-refractivity contribution in [2.24, 2.45) is 0 Å². The van der Waals surface area contributed by atoms with Gasteiger partial charge in [-0.3, -0.25) is 9.69 Å². The summed E-state index contributed by atoms with van der Waals surface area (Å²) in [7, 11) is -3.41. The highest BCUT2D eigenvalue weighted by atomic mass is 35.5. The summed E-state index contributed by atoms with van der Waals surface area (Å²) < 4.78 is 25.8. The maximum absolute atomic E-state index is 13.6. The predicted octanol–water partition coefficient (Wildman–Crippen LogP) is 6.29. The number of aryl methyl sites for hydroxylation is 1. The monoisotopic (exact) mass is 498 g/mol. The third kappa shape index (κ3) is 4.67. The zero-order valence-corrected chi connectivity index (χ0v) is 20.8. The molecule has 0 fully saturated rings. The van der Waals surface area contributed by atoms with Crippen molar-refractivity contribution in [1.29, 1.82) is 0 Å². The van der Waals surface area contributed by atoms with Crippen LogP contribution in [-0.4, -0.2) is 24.6 Å². The summed E-state index contributed by atoms with van der Waals surface area (Å²) in [6.07, 6.45) is 0. The number of hydrogen-bond donors (Lipinski definition) is 0. The van der Waals surface area contributed by atoms with E-state index in [2.05, 4.69) is 0 Å². The average Bonchev–Trinajstić information content (AvgIpc) is 3.25. The lowest BCUT2D eigenvalue weighted by Gasteiger charge is -2.20. The minimum Gasteiger partial charge on any atom is -0.279 e. The number of hydrogen-bond acceptors (Lipinski definition) is 5. The Labute approximate surface area is 202 Å². The number of benzene rings is 3. The first-order valence-corrected chi connectivity index (χ1v) is 13.2. The van der Waals surface area contributed by atoms with Crippen LogP contribution in [0.1, 0.15) is 35.3 Å². The molecule has 0 bridgehead atoms. The van der Waals surface area contributed by atoms with E-state index in [1.54, 1.807) is 30.9 Å². The first-order valence-electron chi connectivity index (χ1n) is 10.4. The molecule has 0 unspecified atom stereocenters. The number of aromatic nitrogens is 1. The molecule has 0 radical (unpaired) electrons. The number of nitrogens with zero attached hydrogens (tertiary/aromatic N) is 2. The van der Waals surface area contributed by atoms with Gasteiger partial charge in [0.25, 0.3) is 5.91 Å². The largest absolute Gasteiger partial charge is 0.279 e.